The van der Waals surface area contributed by atoms with Crippen LogP contribution in [0.25, 0.3) is 0 Å². The van der Waals surface area contributed by atoms with Crippen molar-refractivity contribution in [3.8, 4) is 5.75 Å². The predicted octanol–water partition coefficient (Wildman–Crippen LogP) is 1.04. The minimum atomic E-state index is -0.323. The van der Waals surface area contributed by atoms with Gasteiger partial charge in [0.25, 0.3) is 0 Å². The van der Waals surface area contributed by atoms with Crippen LogP contribution < -0.4 is 5.43 Å². The van der Waals surface area contributed by atoms with Crippen molar-refractivity contribution in [2.75, 3.05) is 6.61 Å². The zero-order valence-electron chi connectivity index (χ0n) is 8.77. The molecule has 82 valence electrons. The van der Waals surface area contributed by atoms with Crippen molar-refractivity contribution in [1.29, 1.82) is 0 Å². The van der Waals surface area contributed by atoms with Crippen molar-refractivity contribution in [2.24, 2.45) is 0 Å². The average molecular weight is 209 g/mol. The fraction of sp³-hybridized carbons (Fsp3) is 0.545. The van der Waals surface area contributed by atoms with Crippen molar-refractivity contribution in [1.82, 2.24) is 4.57 Å². The molecular formula is C11H15NO3. The Morgan fingerprint density at radius 2 is 2.47 bits per heavy atom. The van der Waals surface area contributed by atoms with Crippen LogP contribution in [0.4, 0.5) is 0 Å². The SMILES string of the molecule is Cc1c(O)c(=O)ccn1C[C@H]1CCCO1. The maximum Gasteiger partial charge on any atom is 0.223 e. The lowest BCUT2D eigenvalue weighted by Crippen LogP contribution is -2.18. The third-order valence-electron chi connectivity index (χ3n) is 2.84. The van der Waals surface area contributed by atoms with Crippen molar-refractivity contribution < 1.29 is 9.84 Å². The standard InChI is InChI=1S/C11H15NO3/c1-8-11(14)10(13)4-5-12(8)7-9-3-2-6-15-9/h4-5,9,14H,2-3,6-7H2,1H3/t9-/m1/s1. The van der Waals surface area contributed by atoms with Gasteiger partial charge >= 0.3 is 0 Å². The van der Waals surface area contributed by atoms with Crippen molar-refractivity contribution in [2.45, 2.75) is 32.4 Å². The quantitative estimate of drug-likeness (QED) is 0.791. The van der Waals surface area contributed by atoms with Crippen LogP contribution in [0.15, 0.2) is 17.1 Å². The summed E-state index contributed by atoms with van der Waals surface area (Å²) in [7, 11) is 0. The summed E-state index contributed by atoms with van der Waals surface area (Å²) in [4.78, 5) is 11.1. The Labute approximate surface area is 88.1 Å². The monoisotopic (exact) mass is 209 g/mol. The van der Waals surface area contributed by atoms with Gasteiger partial charge < -0.3 is 14.4 Å². The number of nitrogens with zero attached hydrogens (tertiary/aromatic N) is 1. The number of pyridine rings is 1. The number of aromatic nitrogens is 1. The molecule has 4 heteroatoms. The van der Waals surface area contributed by atoms with Gasteiger partial charge in [0.2, 0.25) is 5.43 Å². The molecule has 0 bridgehead atoms. The van der Waals surface area contributed by atoms with E-state index in [1.165, 1.54) is 6.07 Å². The Morgan fingerprint density at radius 1 is 1.67 bits per heavy atom. The molecule has 1 fully saturated rings. The first-order chi connectivity index (χ1) is 7.18. The van der Waals surface area contributed by atoms with Crippen molar-refractivity contribution in [3.63, 3.8) is 0 Å². The number of aromatic hydroxyl groups is 1. The highest BCUT2D eigenvalue weighted by molar-refractivity contribution is 5.25. The fourth-order valence-corrected chi connectivity index (χ4v) is 1.87. The van der Waals surface area contributed by atoms with Crippen LogP contribution in [0.5, 0.6) is 5.75 Å². The number of rotatable bonds is 2. The Balaban J connectivity index is 2.21. The highest BCUT2D eigenvalue weighted by Gasteiger charge is 2.17. The van der Waals surface area contributed by atoms with E-state index < -0.39 is 0 Å². The lowest BCUT2D eigenvalue weighted by atomic mass is 10.2. The zero-order valence-corrected chi connectivity index (χ0v) is 8.77. The molecule has 15 heavy (non-hydrogen) atoms. The number of hydrogen-bond acceptors (Lipinski definition) is 3. The second-order valence-corrected chi connectivity index (χ2v) is 3.90. The molecule has 0 aromatic carbocycles. The van der Waals surface area contributed by atoms with Crippen LogP contribution >= 0.6 is 0 Å². The van der Waals surface area contributed by atoms with E-state index in [0.29, 0.717) is 12.2 Å². The largest absolute Gasteiger partial charge is 0.503 e. The Kier molecular flexibility index (Phi) is 2.77. The minimum Gasteiger partial charge on any atom is -0.503 e. The predicted molar refractivity (Wildman–Crippen MR) is 56.1 cm³/mol. The summed E-state index contributed by atoms with van der Waals surface area (Å²) in [6, 6.07) is 1.39. The summed E-state index contributed by atoms with van der Waals surface area (Å²) in [5.41, 5.74) is 0.286. The topological polar surface area (TPSA) is 51.5 Å². The van der Waals surface area contributed by atoms with Gasteiger partial charge in [0.1, 0.15) is 0 Å². The van der Waals surface area contributed by atoms with E-state index in [9.17, 15) is 9.90 Å². The number of hydrogen-bond donors (Lipinski definition) is 1. The molecule has 1 aromatic rings. The van der Waals surface area contributed by atoms with Crippen molar-refractivity contribution >= 4 is 0 Å². The van der Waals surface area contributed by atoms with E-state index in [1.54, 1.807) is 13.1 Å². The first-order valence-electron chi connectivity index (χ1n) is 5.19. The summed E-state index contributed by atoms with van der Waals surface area (Å²) in [6.07, 6.45) is 4.06. The van der Waals surface area contributed by atoms with Gasteiger partial charge in [-0.1, -0.05) is 0 Å². The first kappa shape index (κ1) is 10.2. The summed E-state index contributed by atoms with van der Waals surface area (Å²) in [5, 5.41) is 9.49. The first-order valence-corrected chi connectivity index (χ1v) is 5.19. The molecule has 0 aliphatic carbocycles. The second kappa shape index (κ2) is 4.06. The molecule has 1 aromatic heterocycles. The lowest BCUT2D eigenvalue weighted by molar-refractivity contribution is 0.0962. The van der Waals surface area contributed by atoms with Gasteiger partial charge in [-0.25, -0.2) is 0 Å². The van der Waals surface area contributed by atoms with Gasteiger partial charge in [-0.2, -0.15) is 0 Å². The molecular weight excluding hydrogens is 194 g/mol. The minimum absolute atomic E-state index is 0.157. The zero-order chi connectivity index (χ0) is 10.8. The van der Waals surface area contributed by atoms with Gasteiger partial charge in [0.05, 0.1) is 11.8 Å². The maximum atomic E-state index is 11.1. The van der Waals surface area contributed by atoms with Crippen molar-refractivity contribution in [3.05, 3.63) is 28.2 Å². The number of ether oxygens (including phenoxy) is 1. The van der Waals surface area contributed by atoms with Crippen LogP contribution in [0.2, 0.25) is 0 Å². The summed E-state index contributed by atoms with van der Waals surface area (Å²) < 4.78 is 7.37. The summed E-state index contributed by atoms with van der Waals surface area (Å²) in [6.45, 7) is 3.27. The fourth-order valence-electron chi connectivity index (χ4n) is 1.87. The molecule has 1 aliphatic heterocycles. The van der Waals surface area contributed by atoms with Gasteiger partial charge in [0.15, 0.2) is 5.75 Å². The summed E-state index contributed by atoms with van der Waals surface area (Å²) in [5.74, 6) is -0.157. The van der Waals surface area contributed by atoms with E-state index in [2.05, 4.69) is 0 Å². The van der Waals surface area contributed by atoms with E-state index in [-0.39, 0.29) is 17.3 Å². The Hall–Kier alpha value is -1.29. The van der Waals surface area contributed by atoms with Gasteiger partial charge in [0, 0.05) is 25.4 Å². The molecule has 0 spiro atoms. The molecule has 2 rings (SSSR count). The van der Waals surface area contributed by atoms with Crippen LogP contribution in [-0.2, 0) is 11.3 Å². The normalized spacial score (nSPS) is 20.7. The Morgan fingerprint density at radius 3 is 3.13 bits per heavy atom. The molecule has 2 heterocycles. The highest BCUT2D eigenvalue weighted by Crippen LogP contribution is 2.16. The van der Waals surface area contributed by atoms with Gasteiger partial charge in [-0.3, -0.25) is 4.79 Å². The molecule has 0 radical (unpaired) electrons. The molecule has 0 unspecified atom stereocenters. The summed E-state index contributed by atoms with van der Waals surface area (Å²) >= 11 is 0. The molecule has 1 saturated heterocycles. The van der Waals surface area contributed by atoms with Crippen LogP contribution in [-0.4, -0.2) is 22.4 Å². The second-order valence-electron chi connectivity index (χ2n) is 3.90. The third-order valence-corrected chi connectivity index (χ3v) is 2.84. The average Bonchev–Trinajstić information content (AvgIpc) is 2.72. The van der Waals surface area contributed by atoms with E-state index in [0.717, 1.165) is 19.4 Å². The maximum absolute atomic E-state index is 11.1. The van der Waals surface area contributed by atoms with Crippen LogP contribution in [0, 0.1) is 6.92 Å². The smallest absolute Gasteiger partial charge is 0.223 e. The van der Waals surface area contributed by atoms with E-state index >= 15 is 0 Å². The third kappa shape index (κ3) is 2.04. The molecule has 4 nitrogen and oxygen atoms in total. The van der Waals surface area contributed by atoms with E-state index in [4.69, 9.17) is 4.74 Å². The molecule has 1 aliphatic rings. The Bertz CT molecular complexity index is 405. The molecule has 1 N–H and O–H groups in total. The molecule has 0 saturated carbocycles. The molecule has 0 amide bonds. The van der Waals surface area contributed by atoms with Gasteiger partial charge in [-0.05, 0) is 19.8 Å². The van der Waals surface area contributed by atoms with E-state index in [1.807, 2.05) is 4.57 Å². The molecule has 1 atom stereocenters. The van der Waals surface area contributed by atoms with Gasteiger partial charge in [-0.15, -0.1) is 0 Å². The van der Waals surface area contributed by atoms with Crippen LogP contribution in [0.3, 0.4) is 0 Å². The highest BCUT2D eigenvalue weighted by atomic mass is 16.5. The van der Waals surface area contributed by atoms with Crippen LogP contribution in [0.1, 0.15) is 18.5 Å². The lowest BCUT2D eigenvalue weighted by Gasteiger charge is -2.15.